The van der Waals surface area contributed by atoms with E-state index in [9.17, 15) is 0 Å². The van der Waals surface area contributed by atoms with Crippen molar-refractivity contribution in [2.75, 3.05) is 6.54 Å². The van der Waals surface area contributed by atoms with Gasteiger partial charge in [-0.15, -0.1) is 11.3 Å². The predicted octanol–water partition coefficient (Wildman–Crippen LogP) is 12.4. The van der Waals surface area contributed by atoms with Crippen LogP contribution < -0.4 is 5.32 Å². The lowest BCUT2D eigenvalue weighted by Crippen LogP contribution is -2.28. The molecular formula is C48H37N3S. The van der Waals surface area contributed by atoms with E-state index in [0.29, 0.717) is 0 Å². The molecule has 0 amide bonds. The van der Waals surface area contributed by atoms with Crippen LogP contribution in [0, 0.1) is 0 Å². The number of fused-ring (bicyclic) bond motifs is 9. The number of aliphatic imine (C=N–C) groups is 1. The molecule has 1 unspecified atom stereocenters. The molecule has 0 spiro atoms. The topological polar surface area (TPSA) is 29.3 Å². The zero-order valence-corrected chi connectivity index (χ0v) is 30.1. The highest BCUT2D eigenvalue weighted by Crippen LogP contribution is 2.51. The summed E-state index contributed by atoms with van der Waals surface area (Å²) in [5.74, 6) is 1.11. The highest BCUT2D eigenvalue weighted by Gasteiger charge is 2.37. The number of thiophene rings is 1. The molecule has 250 valence electrons. The maximum atomic E-state index is 5.43. The molecule has 0 saturated carbocycles. The van der Waals surface area contributed by atoms with E-state index in [1.165, 1.54) is 81.8 Å². The van der Waals surface area contributed by atoms with Gasteiger partial charge in [0.05, 0.1) is 11.0 Å². The maximum Gasteiger partial charge on any atom is 0.134 e. The lowest BCUT2D eigenvalue weighted by Gasteiger charge is -2.24. The minimum Gasteiger partial charge on any atom is -0.369 e. The van der Waals surface area contributed by atoms with Crippen LogP contribution in [0.3, 0.4) is 0 Å². The molecule has 11 rings (SSSR count). The van der Waals surface area contributed by atoms with Crippen molar-refractivity contribution in [3.8, 4) is 5.69 Å². The van der Waals surface area contributed by atoms with Gasteiger partial charge in [0.15, 0.2) is 0 Å². The van der Waals surface area contributed by atoms with Crippen LogP contribution in [0.2, 0.25) is 0 Å². The zero-order valence-electron chi connectivity index (χ0n) is 29.3. The summed E-state index contributed by atoms with van der Waals surface area (Å²) in [6.07, 6.45) is 6.95. The summed E-state index contributed by atoms with van der Waals surface area (Å²) in [5, 5.41) is 11.4. The third kappa shape index (κ3) is 4.34. The van der Waals surface area contributed by atoms with Gasteiger partial charge in [-0.3, -0.25) is 0 Å². The molecule has 1 aliphatic heterocycles. The SMILES string of the molecule is CC1(C)C2=C(CCC=C2)c2ccc(C3=Nc4sc5ccccc5c4C(c4ccc(-n5c6ccccc6c6cc7ccccc7cc65)cc4)CN3)cc21. The molecule has 0 bridgehead atoms. The number of nitrogens with one attached hydrogen (secondary N) is 1. The Hall–Kier alpha value is -5.71. The third-order valence-electron chi connectivity index (χ3n) is 11.9. The van der Waals surface area contributed by atoms with Crippen LogP contribution >= 0.6 is 11.3 Å². The summed E-state index contributed by atoms with van der Waals surface area (Å²) in [6, 6.07) is 47.3. The molecule has 0 radical (unpaired) electrons. The lowest BCUT2D eigenvalue weighted by atomic mass is 9.79. The molecule has 8 aromatic rings. The minimum atomic E-state index is -0.0145. The van der Waals surface area contributed by atoms with E-state index in [1.54, 1.807) is 0 Å². The van der Waals surface area contributed by atoms with Gasteiger partial charge in [0, 0.05) is 50.2 Å². The predicted molar refractivity (Wildman–Crippen MR) is 221 cm³/mol. The number of allylic oxidation sites excluding steroid dienone is 4. The molecule has 0 saturated heterocycles. The fourth-order valence-electron chi connectivity index (χ4n) is 9.30. The van der Waals surface area contributed by atoms with Crippen molar-refractivity contribution in [3.63, 3.8) is 0 Å². The van der Waals surface area contributed by atoms with Crippen LogP contribution in [0.25, 0.3) is 53.9 Å². The summed E-state index contributed by atoms with van der Waals surface area (Å²) in [7, 11) is 0. The highest BCUT2D eigenvalue weighted by molar-refractivity contribution is 7.22. The first-order valence-corrected chi connectivity index (χ1v) is 19.3. The normalized spacial score (nSPS) is 17.7. The molecule has 0 fully saturated rings. The Bertz CT molecular complexity index is 2880. The summed E-state index contributed by atoms with van der Waals surface area (Å²) < 4.78 is 3.71. The molecular weight excluding hydrogens is 651 g/mol. The van der Waals surface area contributed by atoms with E-state index in [0.717, 1.165) is 35.8 Å². The van der Waals surface area contributed by atoms with Crippen molar-refractivity contribution < 1.29 is 0 Å². The molecule has 1 atom stereocenters. The van der Waals surface area contributed by atoms with Crippen LogP contribution in [-0.4, -0.2) is 16.9 Å². The number of hydrogen-bond donors (Lipinski definition) is 1. The fraction of sp³-hybridized carbons (Fsp3) is 0.146. The van der Waals surface area contributed by atoms with E-state index in [-0.39, 0.29) is 11.3 Å². The first-order chi connectivity index (χ1) is 25.5. The Kier molecular flexibility index (Phi) is 6.42. The maximum absolute atomic E-state index is 5.43. The minimum absolute atomic E-state index is 0.0145. The van der Waals surface area contributed by atoms with E-state index >= 15 is 0 Å². The van der Waals surface area contributed by atoms with Gasteiger partial charge in [-0.1, -0.05) is 111 Å². The van der Waals surface area contributed by atoms with Crippen molar-refractivity contribution in [1.82, 2.24) is 9.88 Å². The second-order valence-electron chi connectivity index (χ2n) is 15.1. The fourth-order valence-corrected chi connectivity index (χ4v) is 10.4. The highest BCUT2D eigenvalue weighted by atomic mass is 32.1. The standard InChI is InChI=1S/C48H37N3S/c1-48(2)40-16-8-5-13-34(40)35-24-21-32(26-41(35)48)46-49-28-39(45-37-15-7-10-18-44(37)52-47(45)50-46)29-19-22-33(23-20-29)51-42-17-9-6-14-36(42)38-25-30-11-3-4-12-31(30)27-43(38)51/h3-4,6-12,14-27,39H,5,13,28H2,1-2H3,(H,49,50). The first-order valence-electron chi connectivity index (χ1n) is 18.4. The van der Waals surface area contributed by atoms with Gasteiger partial charge in [-0.25, -0.2) is 4.99 Å². The lowest BCUT2D eigenvalue weighted by molar-refractivity contribution is 0.651. The summed E-state index contributed by atoms with van der Waals surface area (Å²) >= 11 is 1.81. The van der Waals surface area contributed by atoms with Gasteiger partial charge in [0.2, 0.25) is 0 Å². The quantitative estimate of drug-likeness (QED) is 0.197. The van der Waals surface area contributed by atoms with Crippen LogP contribution in [0.15, 0.2) is 150 Å². The molecule has 4 heteroatoms. The summed E-state index contributed by atoms with van der Waals surface area (Å²) in [6.45, 7) is 5.52. The molecule has 3 aliphatic rings. The van der Waals surface area contributed by atoms with Gasteiger partial charge in [-0.05, 0) is 99.3 Å². The Morgan fingerprint density at radius 3 is 2.38 bits per heavy atom. The van der Waals surface area contributed by atoms with Gasteiger partial charge in [0.25, 0.3) is 0 Å². The van der Waals surface area contributed by atoms with E-state index < -0.39 is 0 Å². The number of rotatable bonds is 3. The molecule has 3 heterocycles. The van der Waals surface area contributed by atoms with Crippen LogP contribution in [0.4, 0.5) is 5.00 Å². The Morgan fingerprint density at radius 1 is 0.750 bits per heavy atom. The second kappa shape index (κ2) is 11.1. The number of benzene rings is 6. The van der Waals surface area contributed by atoms with Crippen LogP contribution in [-0.2, 0) is 5.41 Å². The Morgan fingerprint density at radius 2 is 1.52 bits per heavy atom. The average Bonchev–Trinajstić information content (AvgIpc) is 3.73. The second-order valence-corrected chi connectivity index (χ2v) is 16.1. The summed E-state index contributed by atoms with van der Waals surface area (Å²) in [4.78, 5) is 5.43. The number of amidine groups is 1. The third-order valence-corrected chi connectivity index (χ3v) is 13.0. The van der Waals surface area contributed by atoms with Crippen molar-refractivity contribution in [2.45, 2.75) is 38.0 Å². The van der Waals surface area contributed by atoms with Gasteiger partial charge >= 0.3 is 0 Å². The molecule has 6 aromatic carbocycles. The average molecular weight is 688 g/mol. The van der Waals surface area contributed by atoms with Crippen molar-refractivity contribution >= 4 is 70.4 Å². The van der Waals surface area contributed by atoms with Gasteiger partial charge < -0.3 is 9.88 Å². The van der Waals surface area contributed by atoms with Crippen LogP contribution in [0.5, 0.6) is 0 Å². The van der Waals surface area contributed by atoms with Crippen molar-refractivity contribution in [3.05, 3.63) is 173 Å². The molecule has 1 N–H and O–H groups in total. The smallest absolute Gasteiger partial charge is 0.134 e. The van der Waals surface area contributed by atoms with E-state index in [1.807, 2.05) is 11.3 Å². The molecule has 3 nitrogen and oxygen atoms in total. The zero-order chi connectivity index (χ0) is 34.6. The molecule has 2 aromatic heterocycles. The molecule has 52 heavy (non-hydrogen) atoms. The van der Waals surface area contributed by atoms with Gasteiger partial charge in [0.1, 0.15) is 10.8 Å². The Balaban J connectivity index is 1.00. The van der Waals surface area contributed by atoms with E-state index in [4.69, 9.17) is 4.99 Å². The Labute approximate surface area is 307 Å². The monoisotopic (exact) mass is 687 g/mol. The number of aromatic nitrogens is 1. The number of nitrogens with zero attached hydrogens (tertiary/aromatic N) is 2. The van der Waals surface area contributed by atoms with Gasteiger partial charge in [-0.2, -0.15) is 0 Å². The number of para-hydroxylation sites is 1. The van der Waals surface area contributed by atoms with Crippen LogP contribution in [0.1, 0.15) is 60.4 Å². The number of hydrogen-bond acceptors (Lipinski definition) is 3. The van der Waals surface area contributed by atoms with E-state index in [2.05, 4.69) is 163 Å². The van der Waals surface area contributed by atoms with Crippen molar-refractivity contribution in [1.29, 1.82) is 0 Å². The largest absolute Gasteiger partial charge is 0.369 e. The first kappa shape index (κ1) is 30.0. The van der Waals surface area contributed by atoms with Crippen molar-refractivity contribution in [2.24, 2.45) is 4.99 Å². The molecule has 2 aliphatic carbocycles. The summed E-state index contributed by atoms with van der Waals surface area (Å²) in [5.41, 5.74) is 13.2.